The molecular weight excluding hydrogens is 1450 g/mol. The molecule has 18 aliphatic rings. The topological polar surface area (TPSA) is 184 Å². The van der Waals surface area contributed by atoms with Crippen molar-refractivity contribution >= 4 is 41.8 Å². The summed E-state index contributed by atoms with van der Waals surface area (Å²) in [5.41, 5.74) is 1.42. The first-order chi connectivity index (χ1) is 55.0. The van der Waals surface area contributed by atoms with Crippen molar-refractivity contribution in [1.29, 1.82) is 0 Å². The standard InChI is InChI=1S/C17H26O2.C16H24O2.2C15H22O2.C14H22O2.C13H20O2.C12H18O2/c1-10(2)16(18)19-17(11(3)4)9-12-8-15(17)14-7-5-6-13(12)14;1-4-16(18-15(17)10(2)3)9-11-8-14(16)13-7-5-6-12(11)13;1-9(2)14(16)17-15(3)8-10-7-13(15)12-6-4-5-11(10)12;1-3-14(16)17-15(4-2)9-10-8-13(15)12-7-5-6-11(10)12;1-9(2)13(15)16-14(10(3)4)8-11-5-6-12(14)7-11;1-4-13(15-12(14)9(2)3)8-10-5-6-11(13)7-10;1-3-11(13)14-12(4-2)8-9-5-6-10(12)7-9/h11-15H,1,5-9H2,2-4H3;11-14H,2,4-9H2,1,3H3;10-13H,1,4-8H2,2-3H3;3,10-13H,1,4-9H2,2H3;10-12H,1,5-8H2,2-4H3;10-11H,2,4-8H2,1,3H3;3,9-10H,1,4-8H2,2H3. The highest BCUT2D eigenvalue weighted by atomic mass is 16.6. The van der Waals surface area contributed by atoms with Crippen LogP contribution in [0.25, 0.3) is 0 Å². The van der Waals surface area contributed by atoms with Crippen molar-refractivity contribution in [2.45, 2.75) is 367 Å². The highest BCUT2D eigenvalue weighted by Crippen LogP contribution is 2.69. The molecule has 116 heavy (non-hydrogen) atoms. The highest BCUT2D eigenvalue weighted by molar-refractivity contribution is 5.89. The van der Waals surface area contributed by atoms with Crippen LogP contribution in [0.15, 0.2) is 86.1 Å². The zero-order valence-corrected chi connectivity index (χ0v) is 74.6. The van der Waals surface area contributed by atoms with E-state index in [4.69, 9.17) is 33.2 Å². The fraction of sp³-hybridized carbons (Fsp3) is 0.794. The molecule has 646 valence electrons. The SMILES string of the molecule is C=C(C)C(=O)OC1(C(C)C)CC2CC1C1CCCC21.C=C(C)C(=O)OC1(C(C)C)CC2CCC1C2.C=C(C)C(=O)OC1(C)CC2CC1C1CCCC21.C=C(C)C(=O)OC1(CC)CC2CC1C1CCCC21.C=C(C)C(=O)OC1(CC)CC2CCC1C2.C=CC(=O)OC1(CC)CC2CC1C1CCCC21.C=CC(=O)OC1(CC)CC2CCC1C2. The zero-order chi connectivity index (χ0) is 84.1. The number of carbonyl (C=O) groups excluding carboxylic acids is 7. The second-order valence-electron chi connectivity index (χ2n) is 42.3. The Morgan fingerprint density at radius 1 is 0.319 bits per heavy atom. The van der Waals surface area contributed by atoms with E-state index in [1.54, 1.807) is 34.6 Å². The molecule has 29 atom stereocenters. The quantitative estimate of drug-likeness (QED) is 0.0637. The van der Waals surface area contributed by atoms with E-state index in [-0.39, 0.29) is 81.0 Å². The Bertz CT molecular complexity index is 3710. The van der Waals surface area contributed by atoms with Crippen LogP contribution in [0.1, 0.15) is 328 Å². The van der Waals surface area contributed by atoms with Gasteiger partial charge in [0.05, 0.1) is 0 Å². The Morgan fingerprint density at radius 3 is 0.983 bits per heavy atom. The van der Waals surface area contributed by atoms with Crippen LogP contribution in [0.4, 0.5) is 0 Å². The fourth-order valence-electron chi connectivity index (χ4n) is 30.3. The van der Waals surface area contributed by atoms with Crippen molar-refractivity contribution in [3.05, 3.63) is 86.1 Å². The van der Waals surface area contributed by atoms with Gasteiger partial charge in [-0.25, -0.2) is 33.6 Å². The van der Waals surface area contributed by atoms with Crippen LogP contribution in [0.2, 0.25) is 0 Å². The van der Waals surface area contributed by atoms with E-state index >= 15 is 0 Å². The molecule has 18 fully saturated rings. The summed E-state index contributed by atoms with van der Waals surface area (Å²) in [5.74, 6) is 16.4. The monoisotopic (exact) mass is 1600 g/mol. The molecule has 0 heterocycles. The lowest BCUT2D eigenvalue weighted by molar-refractivity contribution is -0.173. The minimum absolute atomic E-state index is 0.145. The molecular formula is C102H154O14. The van der Waals surface area contributed by atoms with Gasteiger partial charge in [0.1, 0.15) is 39.2 Å². The molecule has 14 heteroatoms. The number of rotatable bonds is 20. The molecule has 0 aromatic rings. The third-order valence-corrected chi connectivity index (χ3v) is 35.6. The zero-order valence-electron chi connectivity index (χ0n) is 74.6. The van der Waals surface area contributed by atoms with E-state index in [0.717, 1.165) is 159 Å². The molecule has 0 aliphatic heterocycles. The van der Waals surface area contributed by atoms with Crippen LogP contribution in [0.5, 0.6) is 0 Å². The van der Waals surface area contributed by atoms with E-state index in [2.05, 4.69) is 108 Å². The number of hydrogen-bond donors (Lipinski definition) is 0. The summed E-state index contributed by atoms with van der Waals surface area (Å²) < 4.78 is 40.6. The van der Waals surface area contributed by atoms with Crippen LogP contribution in [0.3, 0.4) is 0 Å². The molecule has 0 saturated heterocycles. The van der Waals surface area contributed by atoms with E-state index in [1.807, 2.05) is 0 Å². The van der Waals surface area contributed by atoms with Crippen LogP contribution < -0.4 is 0 Å². The van der Waals surface area contributed by atoms with Gasteiger partial charge in [0.2, 0.25) is 0 Å². The predicted molar refractivity (Wildman–Crippen MR) is 457 cm³/mol. The molecule has 0 N–H and O–H groups in total. The first-order valence-electron chi connectivity index (χ1n) is 47.1. The van der Waals surface area contributed by atoms with Crippen molar-refractivity contribution in [3.8, 4) is 0 Å². The molecule has 0 aromatic carbocycles. The first-order valence-corrected chi connectivity index (χ1v) is 47.1. The molecule has 14 bridgehead atoms. The molecule has 14 nitrogen and oxygen atoms in total. The smallest absolute Gasteiger partial charge is 0.333 e. The summed E-state index contributed by atoms with van der Waals surface area (Å²) in [6, 6.07) is 0. The maximum atomic E-state index is 12.1. The summed E-state index contributed by atoms with van der Waals surface area (Å²) in [6.45, 7) is 53.6. The number of fused-ring (bicyclic) bond motifs is 26. The average molecular weight is 1600 g/mol. The van der Waals surface area contributed by atoms with Crippen molar-refractivity contribution in [2.75, 3.05) is 0 Å². The van der Waals surface area contributed by atoms with Gasteiger partial charge in [0.15, 0.2) is 0 Å². The van der Waals surface area contributed by atoms with Crippen LogP contribution in [0, 0.1) is 142 Å². The largest absolute Gasteiger partial charge is 0.456 e. The van der Waals surface area contributed by atoms with Gasteiger partial charge in [-0.2, -0.15) is 0 Å². The fourth-order valence-corrected chi connectivity index (χ4v) is 30.3. The Labute approximate surface area is 700 Å². The highest BCUT2D eigenvalue weighted by Gasteiger charge is 2.67. The maximum Gasteiger partial charge on any atom is 0.333 e. The van der Waals surface area contributed by atoms with E-state index < -0.39 is 0 Å². The molecule has 0 radical (unpaired) electrons. The lowest BCUT2D eigenvalue weighted by atomic mass is 9.68. The summed E-state index contributed by atoms with van der Waals surface area (Å²) in [5, 5.41) is 0. The average Bonchev–Trinajstić information content (AvgIpc) is 1.60. The molecule has 0 spiro atoms. The second-order valence-corrected chi connectivity index (χ2v) is 42.3. The molecule has 18 rings (SSSR count). The van der Waals surface area contributed by atoms with Gasteiger partial charge in [-0.1, -0.05) is 127 Å². The van der Waals surface area contributed by atoms with Gasteiger partial charge in [-0.15, -0.1) is 0 Å². The summed E-state index contributed by atoms with van der Waals surface area (Å²) in [7, 11) is 0. The van der Waals surface area contributed by atoms with Gasteiger partial charge >= 0.3 is 41.8 Å². The van der Waals surface area contributed by atoms with Crippen LogP contribution in [-0.4, -0.2) is 81.0 Å². The van der Waals surface area contributed by atoms with Gasteiger partial charge in [-0.05, 0) is 365 Å². The first kappa shape index (κ1) is 89.7. The van der Waals surface area contributed by atoms with E-state index in [1.165, 1.54) is 173 Å². The third-order valence-electron chi connectivity index (χ3n) is 35.6. The Hall–Kier alpha value is -5.53. The lowest BCUT2D eigenvalue weighted by Crippen LogP contribution is -2.49. The van der Waals surface area contributed by atoms with Crippen LogP contribution >= 0.6 is 0 Å². The lowest BCUT2D eigenvalue weighted by Gasteiger charge is -2.45. The summed E-state index contributed by atoms with van der Waals surface area (Å²) in [4.78, 5) is 81.9. The van der Waals surface area contributed by atoms with Crippen molar-refractivity contribution in [3.63, 3.8) is 0 Å². The molecule has 0 amide bonds. The van der Waals surface area contributed by atoms with E-state index in [9.17, 15) is 33.6 Å². The second kappa shape index (κ2) is 35.9. The normalized spacial score (nSPS) is 42.7. The molecule has 18 saturated carbocycles. The van der Waals surface area contributed by atoms with Gasteiger partial charge in [0.25, 0.3) is 0 Å². The molecule has 18 aliphatic carbocycles. The number of carbonyl (C=O) groups is 7. The van der Waals surface area contributed by atoms with Gasteiger partial charge in [0, 0.05) is 63.7 Å². The van der Waals surface area contributed by atoms with E-state index in [0.29, 0.717) is 81.1 Å². The predicted octanol–water partition coefficient (Wildman–Crippen LogP) is 23.4. The number of ether oxygens (including phenoxy) is 7. The van der Waals surface area contributed by atoms with Gasteiger partial charge in [-0.3, -0.25) is 0 Å². The van der Waals surface area contributed by atoms with Gasteiger partial charge < -0.3 is 33.2 Å². The Morgan fingerprint density at radius 2 is 0.621 bits per heavy atom. The third kappa shape index (κ3) is 17.3. The Kier molecular flexibility index (Phi) is 27.8. The minimum Gasteiger partial charge on any atom is -0.456 e. The van der Waals surface area contributed by atoms with Crippen molar-refractivity contribution in [1.82, 2.24) is 0 Å². The molecule has 0 aromatic heterocycles. The van der Waals surface area contributed by atoms with Crippen molar-refractivity contribution < 1.29 is 66.7 Å². The minimum atomic E-state index is -0.251. The number of hydrogen-bond acceptors (Lipinski definition) is 14. The maximum absolute atomic E-state index is 12.1. The molecule has 29 unspecified atom stereocenters. The van der Waals surface area contributed by atoms with Crippen LogP contribution in [-0.2, 0) is 66.7 Å². The summed E-state index contributed by atoms with van der Waals surface area (Å²) >= 11 is 0. The van der Waals surface area contributed by atoms with Crippen molar-refractivity contribution in [2.24, 2.45) is 142 Å². The number of esters is 7. The summed E-state index contributed by atoms with van der Waals surface area (Å²) in [6.07, 6.45) is 47.3. The Balaban J connectivity index is 0.000000125.